The molecule has 5 atom stereocenters. The Kier molecular flexibility index (Phi) is 10.5. The predicted octanol–water partition coefficient (Wildman–Crippen LogP) is 5.84. The van der Waals surface area contributed by atoms with Gasteiger partial charge in [0.05, 0.1) is 16.6 Å². The molecule has 0 aliphatic heterocycles. The van der Waals surface area contributed by atoms with Crippen molar-refractivity contribution in [1.82, 2.24) is 10.0 Å². The maximum Gasteiger partial charge on any atom is 0.250 e. The number of amides is 2. The maximum atomic E-state index is 14.4. The second-order valence-electron chi connectivity index (χ2n) is 11.4. The van der Waals surface area contributed by atoms with E-state index in [1.165, 1.54) is 11.0 Å². The first-order chi connectivity index (χ1) is 21.0. The second kappa shape index (κ2) is 14.1. The van der Waals surface area contributed by atoms with Crippen LogP contribution in [-0.2, 0) is 24.4 Å². The molecule has 2 amide bonds. The molecule has 8 nitrogen and oxygen atoms in total. The minimum atomic E-state index is -4.12. The zero-order valence-corrected chi connectivity index (χ0v) is 26.7. The molecule has 0 aliphatic rings. The first-order valence-electron chi connectivity index (χ1n) is 15.1. The standard InChI is InChI=1S/C35H41N3O5S/c1-6-23(3)32(37-44(42,43)31-21-13-17-27-15-9-11-19-29(27)31)34(40)36-33(24(4)7-2)35(41)38(25(5)22-39)30-20-12-16-26-14-8-10-18-28(26)30/h8-25,32-33,37H,6-7H2,1-5H3,(H,36,40)/t23-,24-,25-,32-,33-/m0/s1. The zero-order valence-electron chi connectivity index (χ0n) is 25.9. The lowest BCUT2D eigenvalue weighted by molar-refractivity contribution is -0.130. The number of nitrogens with zero attached hydrogens (tertiary/aromatic N) is 1. The molecule has 0 spiro atoms. The summed E-state index contributed by atoms with van der Waals surface area (Å²) in [6.45, 7) is 9.09. The number of anilines is 1. The highest BCUT2D eigenvalue weighted by atomic mass is 32.2. The number of sulfonamides is 1. The number of benzene rings is 4. The summed E-state index contributed by atoms with van der Waals surface area (Å²) in [6, 6.07) is 22.4. The van der Waals surface area contributed by atoms with Gasteiger partial charge in [0.1, 0.15) is 18.4 Å². The number of rotatable bonds is 13. The first-order valence-corrected chi connectivity index (χ1v) is 16.6. The second-order valence-corrected chi connectivity index (χ2v) is 13.1. The van der Waals surface area contributed by atoms with Crippen molar-refractivity contribution in [2.45, 2.75) is 70.5 Å². The van der Waals surface area contributed by atoms with Crippen LogP contribution in [0.25, 0.3) is 21.5 Å². The normalized spacial score (nSPS) is 15.2. The minimum absolute atomic E-state index is 0.0770. The van der Waals surface area contributed by atoms with Gasteiger partial charge in [0, 0.05) is 10.8 Å². The summed E-state index contributed by atoms with van der Waals surface area (Å²) in [7, 11) is -4.12. The molecule has 4 aromatic rings. The van der Waals surface area contributed by atoms with E-state index in [4.69, 9.17) is 0 Å². The van der Waals surface area contributed by atoms with Crippen LogP contribution in [0.4, 0.5) is 5.69 Å². The number of fused-ring (bicyclic) bond motifs is 2. The van der Waals surface area contributed by atoms with Crippen molar-refractivity contribution in [3.8, 4) is 0 Å². The molecule has 4 aromatic carbocycles. The molecule has 0 radical (unpaired) electrons. The lowest BCUT2D eigenvalue weighted by Gasteiger charge is -2.34. The fraction of sp³-hybridized carbons (Fsp3) is 0.343. The Morgan fingerprint density at radius 2 is 1.27 bits per heavy atom. The van der Waals surface area contributed by atoms with Gasteiger partial charge >= 0.3 is 0 Å². The average molecular weight is 616 g/mol. The summed E-state index contributed by atoms with van der Waals surface area (Å²) in [5.41, 5.74) is 0.561. The molecule has 44 heavy (non-hydrogen) atoms. The van der Waals surface area contributed by atoms with E-state index in [9.17, 15) is 22.8 Å². The summed E-state index contributed by atoms with van der Waals surface area (Å²) < 4.78 is 30.1. The summed E-state index contributed by atoms with van der Waals surface area (Å²) in [5, 5.41) is 5.92. The first kappa shape index (κ1) is 32.8. The number of hydrogen-bond donors (Lipinski definition) is 2. The number of carbonyl (C=O) groups excluding carboxylic acids is 3. The summed E-state index contributed by atoms with van der Waals surface area (Å²) in [4.78, 5) is 42.0. The zero-order chi connectivity index (χ0) is 32.0. The van der Waals surface area contributed by atoms with Crippen LogP contribution in [0, 0.1) is 11.8 Å². The highest BCUT2D eigenvalue weighted by Crippen LogP contribution is 2.30. The van der Waals surface area contributed by atoms with Gasteiger partial charge in [0.25, 0.3) is 5.91 Å². The topological polar surface area (TPSA) is 113 Å². The fourth-order valence-electron chi connectivity index (χ4n) is 5.42. The Morgan fingerprint density at radius 3 is 1.89 bits per heavy atom. The van der Waals surface area contributed by atoms with Crippen LogP contribution >= 0.6 is 0 Å². The van der Waals surface area contributed by atoms with E-state index in [2.05, 4.69) is 10.0 Å². The largest absolute Gasteiger partial charge is 0.343 e. The number of nitrogens with one attached hydrogen (secondary N) is 2. The third kappa shape index (κ3) is 6.84. The van der Waals surface area contributed by atoms with Crippen molar-refractivity contribution in [1.29, 1.82) is 0 Å². The molecule has 0 fully saturated rings. The highest BCUT2D eigenvalue weighted by molar-refractivity contribution is 7.89. The summed E-state index contributed by atoms with van der Waals surface area (Å²) in [5.74, 6) is -1.73. The van der Waals surface area contributed by atoms with E-state index in [0.717, 1.165) is 16.2 Å². The fourth-order valence-corrected chi connectivity index (χ4v) is 6.95. The lowest BCUT2D eigenvalue weighted by atomic mass is 9.94. The average Bonchev–Trinajstić information content (AvgIpc) is 3.04. The minimum Gasteiger partial charge on any atom is -0.343 e. The van der Waals surface area contributed by atoms with E-state index in [-0.39, 0.29) is 16.7 Å². The molecule has 0 saturated heterocycles. The number of hydrogen-bond acceptors (Lipinski definition) is 5. The quantitative estimate of drug-likeness (QED) is 0.184. The SMILES string of the molecule is CC[C@H](C)[C@H](NS(=O)(=O)c1cccc2ccccc12)C(=O)N[C@H](C(=O)N(c1cccc2ccccc12)[C@@H](C)C=O)[C@@H](C)CC. The van der Waals surface area contributed by atoms with Gasteiger partial charge < -0.3 is 15.0 Å². The van der Waals surface area contributed by atoms with Crippen molar-refractivity contribution < 1.29 is 22.8 Å². The maximum absolute atomic E-state index is 14.4. The predicted molar refractivity (Wildman–Crippen MR) is 176 cm³/mol. The number of carbonyl (C=O) groups is 3. The van der Waals surface area contributed by atoms with Gasteiger partial charge in [0.2, 0.25) is 15.9 Å². The van der Waals surface area contributed by atoms with Crippen molar-refractivity contribution in [3.63, 3.8) is 0 Å². The van der Waals surface area contributed by atoms with Crippen molar-refractivity contribution >= 4 is 55.4 Å². The smallest absolute Gasteiger partial charge is 0.250 e. The Hall–Kier alpha value is -4.08. The van der Waals surface area contributed by atoms with Crippen molar-refractivity contribution in [2.24, 2.45) is 11.8 Å². The van der Waals surface area contributed by atoms with Crippen LogP contribution in [0.5, 0.6) is 0 Å². The van der Waals surface area contributed by atoms with Crippen LogP contribution in [0.2, 0.25) is 0 Å². The Morgan fingerprint density at radius 1 is 0.750 bits per heavy atom. The van der Waals surface area contributed by atoms with Gasteiger partial charge in [-0.2, -0.15) is 4.72 Å². The van der Waals surface area contributed by atoms with E-state index in [1.807, 2.05) is 75.4 Å². The van der Waals surface area contributed by atoms with Crippen LogP contribution in [0.3, 0.4) is 0 Å². The molecule has 0 bridgehead atoms. The van der Waals surface area contributed by atoms with Crippen molar-refractivity contribution in [2.75, 3.05) is 4.90 Å². The van der Waals surface area contributed by atoms with Gasteiger partial charge in [-0.3, -0.25) is 9.59 Å². The molecule has 4 rings (SSSR count). The van der Waals surface area contributed by atoms with Crippen LogP contribution < -0.4 is 14.9 Å². The molecule has 0 aliphatic carbocycles. The van der Waals surface area contributed by atoms with Gasteiger partial charge in [-0.15, -0.1) is 0 Å². The summed E-state index contributed by atoms with van der Waals surface area (Å²) >= 11 is 0. The molecule has 0 saturated carbocycles. The molecule has 0 aromatic heterocycles. The van der Waals surface area contributed by atoms with Gasteiger partial charge in [0.15, 0.2) is 0 Å². The Bertz CT molecular complexity index is 1750. The van der Waals surface area contributed by atoms with E-state index in [1.54, 1.807) is 38.1 Å². The van der Waals surface area contributed by atoms with Crippen LogP contribution in [-0.4, -0.2) is 44.6 Å². The van der Waals surface area contributed by atoms with Crippen LogP contribution in [0.15, 0.2) is 89.8 Å². The molecule has 232 valence electrons. The Labute approximate surface area is 259 Å². The molecule has 0 heterocycles. The van der Waals surface area contributed by atoms with Crippen molar-refractivity contribution in [3.05, 3.63) is 84.9 Å². The molecule has 2 N–H and O–H groups in total. The number of aldehydes is 1. The van der Waals surface area contributed by atoms with Gasteiger partial charge in [-0.1, -0.05) is 113 Å². The van der Waals surface area contributed by atoms with E-state index >= 15 is 0 Å². The van der Waals surface area contributed by atoms with Gasteiger partial charge in [-0.05, 0) is 41.7 Å². The van der Waals surface area contributed by atoms with Crippen LogP contribution in [0.1, 0.15) is 47.5 Å². The molecular weight excluding hydrogens is 574 g/mol. The van der Waals surface area contributed by atoms with Gasteiger partial charge in [-0.25, -0.2) is 8.42 Å². The lowest BCUT2D eigenvalue weighted by Crippen LogP contribution is -2.59. The molecule has 0 unspecified atom stereocenters. The third-order valence-corrected chi connectivity index (χ3v) is 9.96. The molecule has 9 heteroatoms. The van der Waals surface area contributed by atoms with E-state index in [0.29, 0.717) is 30.2 Å². The van der Waals surface area contributed by atoms with E-state index < -0.39 is 40.0 Å². The molecular formula is C35H41N3O5S. The Balaban J connectivity index is 1.70. The summed E-state index contributed by atoms with van der Waals surface area (Å²) in [6.07, 6.45) is 1.78. The highest BCUT2D eigenvalue weighted by Gasteiger charge is 2.37. The monoisotopic (exact) mass is 615 g/mol. The third-order valence-electron chi connectivity index (χ3n) is 8.46.